The molecular formula is C10H15N3OS. The first-order valence-corrected chi connectivity index (χ1v) is 6.13. The van der Waals surface area contributed by atoms with Crippen molar-refractivity contribution in [3.8, 4) is 0 Å². The number of nitrogen functional groups attached to an aromatic ring is 1. The van der Waals surface area contributed by atoms with Gasteiger partial charge in [-0.15, -0.1) is 0 Å². The van der Waals surface area contributed by atoms with Crippen molar-refractivity contribution in [2.75, 3.05) is 24.3 Å². The highest BCUT2D eigenvalue weighted by Gasteiger charge is 2.05. The monoisotopic (exact) mass is 225 g/mol. The van der Waals surface area contributed by atoms with Crippen molar-refractivity contribution in [1.29, 1.82) is 0 Å². The fraction of sp³-hybridized carbons (Fsp3) is 0.400. The first kappa shape index (κ1) is 11.8. The Balaban J connectivity index is 2.40. The van der Waals surface area contributed by atoms with E-state index in [1.54, 1.807) is 30.0 Å². The number of pyridine rings is 1. The van der Waals surface area contributed by atoms with E-state index in [1.165, 1.54) is 0 Å². The van der Waals surface area contributed by atoms with Gasteiger partial charge in [0.05, 0.1) is 0 Å². The Morgan fingerprint density at radius 3 is 3.07 bits per heavy atom. The number of carbonyl (C=O) groups is 1. The maximum atomic E-state index is 11.5. The molecule has 0 saturated carbocycles. The number of thioether (sulfide) groups is 1. The van der Waals surface area contributed by atoms with Gasteiger partial charge in [0.25, 0.3) is 5.91 Å². The van der Waals surface area contributed by atoms with E-state index in [0.29, 0.717) is 18.1 Å². The van der Waals surface area contributed by atoms with Crippen LogP contribution in [0.15, 0.2) is 18.2 Å². The standard InChI is InChI=1S/C10H15N3OS/c1-15-7-3-6-12-10(14)8-4-2-5-9(11)13-8/h2,4-5H,3,6-7H2,1H3,(H2,11,13)(H,12,14). The third-order valence-corrected chi connectivity index (χ3v) is 2.51. The third kappa shape index (κ3) is 4.20. The van der Waals surface area contributed by atoms with E-state index in [1.807, 2.05) is 6.26 Å². The van der Waals surface area contributed by atoms with Crippen LogP contribution in [0, 0.1) is 0 Å². The molecular weight excluding hydrogens is 210 g/mol. The number of hydrogen-bond donors (Lipinski definition) is 2. The molecule has 0 aliphatic rings. The molecule has 3 N–H and O–H groups in total. The summed E-state index contributed by atoms with van der Waals surface area (Å²) >= 11 is 1.76. The van der Waals surface area contributed by atoms with Crippen LogP contribution in [0.2, 0.25) is 0 Å². The van der Waals surface area contributed by atoms with Gasteiger partial charge in [0.2, 0.25) is 0 Å². The van der Waals surface area contributed by atoms with Crippen molar-refractivity contribution in [2.24, 2.45) is 0 Å². The normalized spacial score (nSPS) is 9.93. The van der Waals surface area contributed by atoms with Gasteiger partial charge in [0, 0.05) is 6.54 Å². The zero-order valence-electron chi connectivity index (χ0n) is 8.69. The lowest BCUT2D eigenvalue weighted by Crippen LogP contribution is -2.25. The van der Waals surface area contributed by atoms with Gasteiger partial charge in [-0.3, -0.25) is 4.79 Å². The molecule has 0 spiro atoms. The molecule has 1 heterocycles. The predicted molar refractivity (Wildman–Crippen MR) is 64.0 cm³/mol. The van der Waals surface area contributed by atoms with E-state index >= 15 is 0 Å². The maximum Gasteiger partial charge on any atom is 0.269 e. The smallest absolute Gasteiger partial charge is 0.269 e. The number of anilines is 1. The summed E-state index contributed by atoms with van der Waals surface area (Å²) in [7, 11) is 0. The van der Waals surface area contributed by atoms with Crippen molar-refractivity contribution in [1.82, 2.24) is 10.3 Å². The Morgan fingerprint density at radius 1 is 1.60 bits per heavy atom. The van der Waals surface area contributed by atoms with Crippen LogP contribution >= 0.6 is 11.8 Å². The van der Waals surface area contributed by atoms with Crippen LogP contribution < -0.4 is 11.1 Å². The molecule has 1 amide bonds. The van der Waals surface area contributed by atoms with Gasteiger partial charge >= 0.3 is 0 Å². The zero-order valence-corrected chi connectivity index (χ0v) is 9.51. The molecule has 0 aliphatic heterocycles. The topological polar surface area (TPSA) is 68.0 Å². The number of nitrogens with zero attached hydrogens (tertiary/aromatic N) is 1. The molecule has 0 saturated heterocycles. The van der Waals surface area contributed by atoms with Crippen LogP contribution in [0.5, 0.6) is 0 Å². The van der Waals surface area contributed by atoms with Gasteiger partial charge in [0.1, 0.15) is 11.5 Å². The Kier molecular flexibility index (Phi) is 4.97. The highest BCUT2D eigenvalue weighted by molar-refractivity contribution is 7.98. The van der Waals surface area contributed by atoms with Crippen LogP contribution in [-0.4, -0.2) is 29.4 Å². The number of hydrogen-bond acceptors (Lipinski definition) is 4. The van der Waals surface area contributed by atoms with E-state index in [2.05, 4.69) is 10.3 Å². The first-order chi connectivity index (χ1) is 7.24. The van der Waals surface area contributed by atoms with E-state index in [4.69, 9.17) is 5.73 Å². The van der Waals surface area contributed by atoms with Crippen LogP contribution in [0.4, 0.5) is 5.82 Å². The molecule has 0 aromatic carbocycles. The minimum Gasteiger partial charge on any atom is -0.384 e. The molecule has 5 heteroatoms. The maximum absolute atomic E-state index is 11.5. The Bertz CT molecular complexity index is 330. The van der Waals surface area contributed by atoms with E-state index < -0.39 is 0 Å². The van der Waals surface area contributed by atoms with Crippen molar-refractivity contribution < 1.29 is 4.79 Å². The molecule has 82 valence electrons. The largest absolute Gasteiger partial charge is 0.384 e. The number of aromatic nitrogens is 1. The van der Waals surface area contributed by atoms with Gasteiger partial charge in [0.15, 0.2) is 0 Å². The molecule has 0 aliphatic carbocycles. The van der Waals surface area contributed by atoms with Crippen molar-refractivity contribution in [3.63, 3.8) is 0 Å². The van der Waals surface area contributed by atoms with Gasteiger partial charge in [-0.25, -0.2) is 4.98 Å². The Labute approximate surface area is 93.7 Å². The fourth-order valence-electron chi connectivity index (χ4n) is 1.09. The summed E-state index contributed by atoms with van der Waals surface area (Å²) in [4.78, 5) is 15.5. The Hall–Kier alpha value is -1.23. The Morgan fingerprint density at radius 2 is 2.40 bits per heavy atom. The SMILES string of the molecule is CSCCCNC(=O)c1cccc(N)n1. The number of carbonyl (C=O) groups excluding carboxylic acids is 1. The van der Waals surface area contributed by atoms with Crippen LogP contribution in [0.3, 0.4) is 0 Å². The van der Waals surface area contributed by atoms with Gasteiger partial charge in [-0.05, 0) is 30.6 Å². The summed E-state index contributed by atoms with van der Waals surface area (Å²) in [5, 5.41) is 2.79. The second kappa shape index (κ2) is 6.29. The average molecular weight is 225 g/mol. The lowest BCUT2D eigenvalue weighted by molar-refractivity contribution is 0.0949. The second-order valence-electron chi connectivity index (χ2n) is 3.05. The van der Waals surface area contributed by atoms with Crippen molar-refractivity contribution in [3.05, 3.63) is 23.9 Å². The molecule has 0 fully saturated rings. The van der Waals surface area contributed by atoms with Crippen molar-refractivity contribution in [2.45, 2.75) is 6.42 Å². The minimum absolute atomic E-state index is 0.164. The number of nitrogens with one attached hydrogen (secondary N) is 1. The van der Waals surface area contributed by atoms with Crippen LogP contribution in [-0.2, 0) is 0 Å². The molecule has 1 aromatic heterocycles. The highest BCUT2D eigenvalue weighted by atomic mass is 32.2. The molecule has 0 bridgehead atoms. The third-order valence-electron chi connectivity index (χ3n) is 1.81. The lowest BCUT2D eigenvalue weighted by Gasteiger charge is -2.04. The first-order valence-electron chi connectivity index (χ1n) is 4.73. The summed E-state index contributed by atoms with van der Waals surface area (Å²) in [6.07, 6.45) is 3.01. The van der Waals surface area contributed by atoms with E-state index in [9.17, 15) is 4.79 Å². The number of nitrogens with two attached hydrogens (primary N) is 1. The van der Waals surface area contributed by atoms with Gasteiger partial charge in [-0.1, -0.05) is 6.07 Å². The van der Waals surface area contributed by atoms with Gasteiger partial charge < -0.3 is 11.1 Å². The molecule has 1 rings (SSSR count). The summed E-state index contributed by atoms with van der Waals surface area (Å²) < 4.78 is 0. The molecule has 4 nitrogen and oxygen atoms in total. The van der Waals surface area contributed by atoms with Gasteiger partial charge in [-0.2, -0.15) is 11.8 Å². The summed E-state index contributed by atoms with van der Waals surface area (Å²) in [5.74, 6) is 1.25. The number of rotatable bonds is 5. The molecule has 0 atom stereocenters. The fourth-order valence-corrected chi connectivity index (χ4v) is 1.52. The van der Waals surface area contributed by atoms with Crippen LogP contribution in [0.25, 0.3) is 0 Å². The zero-order chi connectivity index (χ0) is 11.1. The summed E-state index contributed by atoms with van der Waals surface area (Å²) in [5.41, 5.74) is 5.85. The van der Waals surface area contributed by atoms with Crippen molar-refractivity contribution >= 4 is 23.5 Å². The summed E-state index contributed by atoms with van der Waals surface area (Å²) in [6, 6.07) is 5.03. The molecule has 15 heavy (non-hydrogen) atoms. The highest BCUT2D eigenvalue weighted by Crippen LogP contribution is 2.00. The molecule has 0 unspecified atom stereocenters. The average Bonchev–Trinajstić information content (AvgIpc) is 2.24. The van der Waals surface area contributed by atoms with E-state index in [0.717, 1.165) is 12.2 Å². The molecule has 1 aromatic rings. The molecule has 0 radical (unpaired) electrons. The quantitative estimate of drug-likeness (QED) is 0.738. The van der Waals surface area contributed by atoms with Crippen LogP contribution in [0.1, 0.15) is 16.9 Å². The van der Waals surface area contributed by atoms with E-state index in [-0.39, 0.29) is 5.91 Å². The summed E-state index contributed by atoms with van der Waals surface area (Å²) in [6.45, 7) is 0.677. The minimum atomic E-state index is -0.164. The lowest BCUT2D eigenvalue weighted by atomic mass is 10.3. The second-order valence-corrected chi connectivity index (χ2v) is 4.04. The predicted octanol–water partition coefficient (Wildman–Crippen LogP) is 1.15. The number of amides is 1.